The summed E-state index contributed by atoms with van der Waals surface area (Å²) < 4.78 is 12.8. The predicted octanol–water partition coefficient (Wildman–Crippen LogP) is 7.74. The van der Waals surface area contributed by atoms with Crippen molar-refractivity contribution in [3.05, 3.63) is 96.8 Å². The van der Waals surface area contributed by atoms with E-state index in [1.54, 1.807) is 30.2 Å². The molecule has 1 amide bonds. The highest BCUT2D eigenvalue weighted by Crippen LogP contribution is 2.40. The molecular weight excluding hydrogens is 577 g/mol. The lowest BCUT2D eigenvalue weighted by Crippen LogP contribution is -2.27. The molecule has 34 heavy (non-hydrogen) atoms. The van der Waals surface area contributed by atoms with Crippen molar-refractivity contribution in [2.75, 3.05) is 7.11 Å². The highest BCUT2D eigenvalue weighted by molar-refractivity contribution is 9.10. The number of nitrogens with zero attached hydrogens (tertiary/aromatic N) is 1. The molecule has 1 aliphatic heterocycles. The summed E-state index contributed by atoms with van der Waals surface area (Å²) >= 11 is 22.5. The Hall–Kier alpha value is -2.03. The fraction of sp³-hybridized carbons (Fsp3) is 0.120. The van der Waals surface area contributed by atoms with E-state index in [9.17, 15) is 4.79 Å². The summed E-state index contributed by atoms with van der Waals surface area (Å²) in [6.07, 6.45) is 1.80. The van der Waals surface area contributed by atoms with Gasteiger partial charge in [-0.05, 0) is 57.4 Å². The Bertz CT molecular complexity index is 1280. The van der Waals surface area contributed by atoms with Crippen molar-refractivity contribution < 1.29 is 14.3 Å². The van der Waals surface area contributed by atoms with Gasteiger partial charge >= 0.3 is 0 Å². The molecule has 0 aromatic heterocycles. The first-order chi connectivity index (χ1) is 16.4. The molecule has 0 spiro atoms. The van der Waals surface area contributed by atoms with Crippen molar-refractivity contribution in [1.29, 1.82) is 0 Å². The topological polar surface area (TPSA) is 38.8 Å². The predicted molar refractivity (Wildman–Crippen MR) is 147 cm³/mol. The average Bonchev–Trinajstić information content (AvgIpc) is 3.07. The Labute approximate surface area is 226 Å². The monoisotopic (exact) mass is 593 g/mol. The smallest absolute Gasteiger partial charge is 0.266 e. The van der Waals surface area contributed by atoms with Crippen LogP contribution in [-0.4, -0.2) is 22.2 Å². The Morgan fingerprint density at radius 1 is 1.12 bits per heavy atom. The van der Waals surface area contributed by atoms with E-state index in [-0.39, 0.29) is 12.5 Å². The molecule has 1 aliphatic rings. The number of benzene rings is 3. The minimum absolute atomic E-state index is 0.119. The van der Waals surface area contributed by atoms with Crippen LogP contribution < -0.4 is 9.47 Å². The number of carbonyl (C=O) groups is 1. The molecule has 3 aromatic carbocycles. The van der Waals surface area contributed by atoms with Gasteiger partial charge in [0.05, 0.1) is 23.0 Å². The van der Waals surface area contributed by atoms with Crippen molar-refractivity contribution in [2.24, 2.45) is 0 Å². The third kappa shape index (κ3) is 5.78. The molecule has 1 saturated heterocycles. The highest BCUT2D eigenvalue weighted by atomic mass is 79.9. The maximum atomic E-state index is 13.0. The Balaban J connectivity index is 1.54. The number of hydrogen-bond acceptors (Lipinski definition) is 5. The van der Waals surface area contributed by atoms with Crippen LogP contribution in [0.2, 0.25) is 10.0 Å². The van der Waals surface area contributed by atoms with Crippen LogP contribution in [0.15, 0.2) is 70.0 Å². The number of ether oxygens (including phenoxy) is 2. The zero-order chi connectivity index (χ0) is 24.2. The zero-order valence-corrected chi connectivity index (χ0v) is 22.6. The number of carbonyl (C=O) groups excluding carboxylic acids is 1. The molecule has 0 saturated carbocycles. The third-order valence-corrected chi connectivity index (χ3v) is 7.55. The number of amides is 1. The van der Waals surface area contributed by atoms with Crippen LogP contribution in [0.25, 0.3) is 6.08 Å². The largest absolute Gasteiger partial charge is 0.493 e. The van der Waals surface area contributed by atoms with Gasteiger partial charge in [0.1, 0.15) is 10.9 Å². The number of methoxy groups -OCH3 is 1. The van der Waals surface area contributed by atoms with Crippen LogP contribution >= 0.6 is 63.1 Å². The van der Waals surface area contributed by atoms with Gasteiger partial charge in [-0.25, -0.2) is 0 Å². The van der Waals surface area contributed by atoms with E-state index in [0.29, 0.717) is 41.8 Å². The summed E-state index contributed by atoms with van der Waals surface area (Å²) in [5.74, 6) is 0.930. The average molecular weight is 595 g/mol. The van der Waals surface area contributed by atoms with E-state index in [1.807, 2.05) is 48.5 Å². The van der Waals surface area contributed by atoms with Gasteiger partial charge in [-0.2, -0.15) is 0 Å². The van der Waals surface area contributed by atoms with E-state index in [0.717, 1.165) is 16.7 Å². The van der Waals surface area contributed by atoms with Gasteiger partial charge in [0.25, 0.3) is 5.91 Å². The Morgan fingerprint density at radius 2 is 1.88 bits per heavy atom. The van der Waals surface area contributed by atoms with Gasteiger partial charge < -0.3 is 9.47 Å². The van der Waals surface area contributed by atoms with Crippen LogP contribution in [0.3, 0.4) is 0 Å². The van der Waals surface area contributed by atoms with Gasteiger partial charge in [0, 0.05) is 15.6 Å². The number of hydrogen-bond donors (Lipinski definition) is 0. The lowest BCUT2D eigenvalue weighted by atomic mass is 10.1. The highest BCUT2D eigenvalue weighted by Gasteiger charge is 2.32. The maximum Gasteiger partial charge on any atom is 0.266 e. The minimum Gasteiger partial charge on any atom is -0.493 e. The number of thioether (sulfide) groups is 1. The van der Waals surface area contributed by atoms with E-state index in [4.69, 9.17) is 44.9 Å². The standard InChI is InChI=1S/C25H18BrCl2NO3S2/c1-31-21-10-16(9-19(26)23(21)32-14-17-7-8-18(27)12-20(17)28)11-22-24(30)29(25(33)34-22)13-15-5-3-2-4-6-15/h2-12H,13-14H2,1H3/b22-11+. The molecule has 0 radical (unpaired) electrons. The van der Waals surface area contributed by atoms with Gasteiger partial charge in [-0.3, -0.25) is 9.69 Å². The summed E-state index contributed by atoms with van der Waals surface area (Å²) in [5, 5.41) is 1.09. The fourth-order valence-corrected chi connectivity index (χ4v) is 5.60. The molecule has 0 aliphatic carbocycles. The quantitative estimate of drug-likeness (QED) is 0.207. The van der Waals surface area contributed by atoms with Crippen molar-refractivity contribution in [1.82, 2.24) is 4.90 Å². The molecule has 0 unspecified atom stereocenters. The second-order valence-corrected chi connectivity index (χ2v) is 10.7. The van der Waals surface area contributed by atoms with Gasteiger partial charge in [0.2, 0.25) is 0 Å². The normalized spacial score (nSPS) is 14.7. The molecule has 0 bridgehead atoms. The molecule has 3 aromatic rings. The number of rotatable bonds is 7. The van der Waals surface area contributed by atoms with Crippen LogP contribution in [0.4, 0.5) is 0 Å². The second-order valence-electron chi connectivity index (χ2n) is 7.31. The van der Waals surface area contributed by atoms with Gasteiger partial charge in [-0.15, -0.1) is 0 Å². The Kier molecular flexibility index (Phi) is 8.22. The van der Waals surface area contributed by atoms with E-state index < -0.39 is 0 Å². The van der Waals surface area contributed by atoms with Crippen LogP contribution in [0, 0.1) is 0 Å². The molecule has 4 rings (SSSR count). The summed E-state index contributed by atoms with van der Waals surface area (Å²) in [6.45, 7) is 0.679. The molecule has 1 fully saturated rings. The van der Waals surface area contributed by atoms with Crippen LogP contribution in [0.1, 0.15) is 16.7 Å². The SMILES string of the molecule is COc1cc(/C=C2/SC(=S)N(Cc3ccccc3)C2=O)cc(Br)c1OCc1ccc(Cl)cc1Cl. The van der Waals surface area contributed by atoms with Crippen LogP contribution in [-0.2, 0) is 17.9 Å². The van der Waals surface area contributed by atoms with Crippen molar-refractivity contribution in [2.45, 2.75) is 13.2 Å². The van der Waals surface area contributed by atoms with Crippen molar-refractivity contribution >= 4 is 79.4 Å². The number of halogens is 3. The summed E-state index contributed by atoms with van der Waals surface area (Å²) in [6, 6.07) is 18.7. The molecule has 174 valence electrons. The van der Waals surface area contributed by atoms with Gasteiger partial charge in [-0.1, -0.05) is 83.6 Å². The first-order valence-electron chi connectivity index (χ1n) is 10.1. The molecule has 1 heterocycles. The number of thiocarbonyl (C=S) groups is 1. The second kappa shape index (κ2) is 11.1. The molecule has 4 nitrogen and oxygen atoms in total. The first kappa shape index (κ1) is 25.1. The zero-order valence-electron chi connectivity index (χ0n) is 17.9. The molecule has 0 atom stereocenters. The first-order valence-corrected chi connectivity index (χ1v) is 12.9. The lowest BCUT2D eigenvalue weighted by molar-refractivity contribution is -0.122. The summed E-state index contributed by atoms with van der Waals surface area (Å²) in [7, 11) is 1.56. The van der Waals surface area contributed by atoms with Crippen molar-refractivity contribution in [3.8, 4) is 11.5 Å². The minimum atomic E-state index is -0.119. The van der Waals surface area contributed by atoms with E-state index >= 15 is 0 Å². The van der Waals surface area contributed by atoms with Gasteiger partial charge in [0.15, 0.2) is 11.5 Å². The van der Waals surface area contributed by atoms with Crippen molar-refractivity contribution in [3.63, 3.8) is 0 Å². The van der Waals surface area contributed by atoms with E-state index in [2.05, 4.69) is 15.9 Å². The molecule has 0 N–H and O–H groups in total. The Morgan fingerprint density at radius 3 is 2.59 bits per heavy atom. The maximum absolute atomic E-state index is 13.0. The van der Waals surface area contributed by atoms with Crippen LogP contribution in [0.5, 0.6) is 11.5 Å². The summed E-state index contributed by atoms with van der Waals surface area (Å²) in [5.41, 5.74) is 2.60. The fourth-order valence-electron chi connectivity index (χ4n) is 3.31. The summed E-state index contributed by atoms with van der Waals surface area (Å²) in [4.78, 5) is 15.2. The lowest BCUT2D eigenvalue weighted by Gasteiger charge is -2.15. The molecule has 9 heteroatoms. The third-order valence-electron chi connectivity index (χ3n) is 4.99. The molecular formula is C25H18BrCl2NO3S2. The van der Waals surface area contributed by atoms with E-state index in [1.165, 1.54) is 11.8 Å².